The van der Waals surface area contributed by atoms with Gasteiger partial charge in [-0.15, -0.1) is 0 Å². The Kier molecular flexibility index (Phi) is 3.65. The van der Waals surface area contributed by atoms with Crippen LogP contribution in [0.3, 0.4) is 0 Å². The third-order valence-corrected chi connectivity index (χ3v) is 3.17. The molecule has 0 radical (unpaired) electrons. The molecule has 1 aromatic carbocycles. The summed E-state index contributed by atoms with van der Waals surface area (Å²) in [6, 6.07) is 8.74. The van der Waals surface area contributed by atoms with Crippen LogP contribution in [0.1, 0.15) is 24.2 Å². The molecule has 18 heavy (non-hydrogen) atoms. The van der Waals surface area contributed by atoms with Gasteiger partial charge in [-0.3, -0.25) is 9.59 Å². The van der Waals surface area contributed by atoms with Gasteiger partial charge in [-0.25, -0.2) is 0 Å². The normalized spacial score (nSPS) is 19.8. The Bertz CT molecular complexity index is 442. The minimum Gasteiger partial charge on any atom is -0.353 e. The smallest absolute Gasteiger partial charge is 0.254 e. The molecule has 4 heteroatoms. The van der Waals surface area contributed by atoms with Gasteiger partial charge in [0.15, 0.2) is 0 Å². The number of benzene rings is 1. The van der Waals surface area contributed by atoms with Crippen LogP contribution < -0.4 is 5.32 Å². The average Bonchev–Trinajstić information content (AvgIpc) is 2.38. The summed E-state index contributed by atoms with van der Waals surface area (Å²) in [4.78, 5) is 26.0. The predicted molar refractivity (Wildman–Crippen MR) is 69.1 cm³/mol. The van der Waals surface area contributed by atoms with E-state index in [0.717, 1.165) is 0 Å². The highest BCUT2D eigenvalue weighted by Gasteiger charge is 2.35. The van der Waals surface area contributed by atoms with Crippen molar-refractivity contribution in [2.45, 2.75) is 19.9 Å². The van der Waals surface area contributed by atoms with Crippen LogP contribution in [0.4, 0.5) is 0 Å². The molecule has 1 saturated heterocycles. The number of rotatable bonds is 2. The summed E-state index contributed by atoms with van der Waals surface area (Å²) >= 11 is 0. The molecule has 0 spiro atoms. The minimum atomic E-state index is -0.369. The molecule has 96 valence electrons. The van der Waals surface area contributed by atoms with E-state index in [-0.39, 0.29) is 23.8 Å². The Morgan fingerprint density at radius 3 is 2.61 bits per heavy atom. The van der Waals surface area contributed by atoms with E-state index in [2.05, 4.69) is 5.32 Å². The van der Waals surface area contributed by atoms with Crippen molar-refractivity contribution in [3.05, 3.63) is 35.9 Å². The fourth-order valence-corrected chi connectivity index (χ4v) is 2.32. The maximum atomic E-state index is 12.4. The van der Waals surface area contributed by atoms with Crippen LogP contribution in [-0.2, 0) is 4.79 Å². The van der Waals surface area contributed by atoms with Gasteiger partial charge in [0, 0.05) is 18.7 Å². The molecule has 0 bridgehead atoms. The van der Waals surface area contributed by atoms with E-state index in [4.69, 9.17) is 0 Å². The number of hydrogen-bond acceptors (Lipinski definition) is 2. The SMILES string of the molecule is CC(C)C1C(=O)NCCN1C(=O)c1ccccc1. The summed E-state index contributed by atoms with van der Waals surface area (Å²) in [6.07, 6.45) is 0. The Morgan fingerprint density at radius 2 is 2.00 bits per heavy atom. The van der Waals surface area contributed by atoms with E-state index in [1.54, 1.807) is 17.0 Å². The van der Waals surface area contributed by atoms with Gasteiger partial charge in [0.1, 0.15) is 6.04 Å². The Hall–Kier alpha value is -1.84. The van der Waals surface area contributed by atoms with Crippen molar-refractivity contribution in [3.63, 3.8) is 0 Å². The lowest BCUT2D eigenvalue weighted by Gasteiger charge is -2.37. The van der Waals surface area contributed by atoms with E-state index in [9.17, 15) is 9.59 Å². The van der Waals surface area contributed by atoms with E-state index in [0.29, 0.717) is 18.7 Å². The van der Waals surface area contributed by atoms with Crippen LogP contribution in [-0.4, -0.2) is 35.8 Å². The van der Waals surface area contributed by atoms with Gasteiger partial charge in [0.25, 0.3) is 5.91 Å². The molecule has 1 heterocycles. The molecule has 0 aliphatic carbocycles. The van der Waals surface area contributed by atoms with Crippen molar-refractivity contribution in [2.75, 3.05) is 13.1 Å². The van der Waals surface area contributed by atoms with Gasteiger partial charge in [-0.05, 0) is 18.1 Å². The number of amides is 2. The maximum absolute atomic E-state index is 12.4. The highest BCUT2D eigenvalue weighted by molar-refractivity contribution is 5.98. The Balaban J connectivity index is 2.25. The monoisotopic (exact) mass is 246 g/mol. The van der Waals surface area contributed by atoms with Crippen LogP contribution in [0.15, 0.2) is 30.3 Å². The second-order valence-corrected chi connectivity index (χ2v) is 4.84. The average molecular weight is 246 g/mol. The third-order valence-electron chi connectivity index (χ3n) is 3.17. The Morgan fingerprint density at radius 1 is 1.33 bits per heavy atom. The predicted octanol–water partition coefficient (Wildman–Crippen LogP) is 1.28. The number of piperazine rings is 1. The van der Waals surface area contributed by atoms with E-state index >= 15 is 0 Å². The maximum Gasteiger partial charge on any atom is 0.254 e. The number of nitrogens with zero attached hydrogens (tertiary/aromatic N) is 1. The number of nitrogens with one attached hydrogen (secondary N) is 1. The van der Waals surface area contributed by atoms with E-state index in [1.165, 1.54) is 0 Å². The summed E-state index contributed by atoms with van der Waals surface area (Å²) in [5.74, 6) is -0.0114. The third kappa shape index (κ3) is 2.37. The molecular formula is C14H18N2O2. The zero-order valence-electron chi connectivity index (χ0n) is 10.7. The van der Waals surface area contributed by atoms with Crippen LogP contribution in [0.25, 0.3) is 0 Å². The van der Waals surface area contributed by atoms with Gasteiger partial charge >= 0.3 is 0 Å². The summed E-state index contributed by atoms with van der Waals surface area (Å²) in [5.41, 5.74) is 0.637. The quantitative estimate of drug-likeness (QED) is 0.854. The highest BCUT2D eigenvalue weighted by atomic mass is 16.2. The summed E-state index contributed by atoms with van der Waals surface area (Å²) < 4.78 is 0. The van der Waals surface area contributed by atoms with Crippen molar-refractivity contribution in [3.8, 4) is 0 Å². The largest absolute Gasteiger partial charge is 0.353 e. The molecule has 1 fully saturated rings. The minimum absolute atomic E-state index is 0.0551. The van der Waals surface area contributed by atoms with Crippen molar-refractivity contribution in [2.24, 2.45) is 5.92 Å². The van der Waals surface area contributed by atoms with Crippen molar-refractivity contribution in [1.82, 2.24) is 10.2 Å². The first kappa shape index (κ1) is 12.6. The van der Waals surface area contributed by atoms with Crippen molar-refractivity contribution < 1.29 is 9.59 Å². The molecule has 0 saturated carbocycles. The summed E-state index contributed by atoms with van der Waals surface area (Å²) in [7, 11) is 0. The number of carbonyl (C=O) groups is 2. The van der Waals surface area contributed by atoms with Gasteiger partial charge in [0.2, 0.25) is 5.91 Å². The summed E-state index contributed by atoms with van der Waals surface area (Å²) in [6.45, 7) is 5.02. The van der Waals surface area contributed by atoms with Gasteiger partial charge in [0.05, 0.1) is 0 Å². The van der Waals surface area contributed by atoms with Crippen LogP contribution >= 0.6 is 0 Å². The standard InChI is InChI=1S/C14H18N2O2/c1-10(2)12-13(17)15-8-9-16(12)14(18)11-6-4-3-5-7-11/h3-7,10,12H,8-9H2,1-2H3,(H,15,17). The van der Waals surface area contributed by atoms with Gasteiger partial charge in [-0.1, -0.05) is 32.0 Å². The summed E-state index contributed by atoms with van der Waals surface area (Å²) in [5, 5.41) is 2.82. The second kappa shape index (κ2) is 5.21. The fourth-order valence-electron chi connectivity index (χ4n) is 2.32. The van der Waals surface area contributed by atoms with E-state index < -0.39 is 0 Å². The molecule has 1 aliphatic heterocycles. The molecule has 4 nitrogen and oxygen atoms in total. The fraction of sp³-hybridized carbons (Fsp3) is 0.429. The van der Waals surface area contributed by atoms with Crippen molar-refractivity contribution in [1.29, 1.82) is 0 Å². The highest BCUT2D eigenvalue weighted by Crippen LogP contribution is 2.17. The lowest BCUT2D eigenvalue weighted by molar-refractivity contribution is -0.129. The lowest BCUT2D eigenvalue weighted by atomic mass is 9.98. The van der Waals surface area contributed by atoms with Crippen LogP contribution in [0.2, 0.25) is 0 Å². The first-order chi connectivity index (χ1) is 8.61. The first-order valence-electron chi connectivity index (χ1n) is 6.25. The Labute approximate surface area is 107 Å². The molecule has 0 aromatic heterocycles. The molecule has 2 amide bonds. The zero-order chi connectivity index (χ0) is 13.1. The second-order valence-electron chi connectivity index (χ2n) is 4.84. The van der Waals surface area contributed by atoms with Crippen LogP contribution in [0, 0.1) is 5.92 Å². The molecule has 1 aliphatic rings. The number of hydrogen-bond donors (Lipinski definition) is 1. The van der Waals surface area contributed by atoms with Crippen molar-refractivity contribution >= 4 is 11.8 Å². The molecular weight excluding hydrogens is 228 g/mol. The molecule has 1 atom stereocenters. The molecule has 2 rings (SSSR count). The zero-order valence-corrected chi connectivity index (χ0v) is 10.7. The van der Waals surface area contributed by atoms with Gasteiger partial charge in [-0.2, -0.15) is 0 Å². The number of carbonyl (C=O) groups excluding carboxylic acids is 2. The van der Waals surface area contributed by atoms with E-state index in [1.807, 2.05) is 32.0 Å². The first-order valence-corrected chi connectivity index (χ1v) is 6.25. The van der Waals surface area contributed by atoms with Gasteiger partial charge < -0.3 is 10.2 Å². The lowest BCUT2D eigenvalue weighted by Crippen LogP contribution is -2.59. The molecule has 1 N–H and O–H groups in total. The molecule has 1 aromatic rings. The topological polar surface area (TPSA) is 49.4 Å². The van der Waals surface area contributed by atoms with Crippen LogP contribution in [0.5, 0.6) is 0 Å². The molecule has 1 unspecified atom stereocenters.